The van der Waals surface area contributed by atoms with Gasteiger partial charge in [-0.15, -0.1) is 0 Å². The molecule has 0 aliphatic carbocycles. The first kappa shape index (κ1) is 20.3. The van der Waals surface area contributed by atoms with Crippen LogP contribution in [0.5, 0.6) is 0 Å². The largest absolute Gasteiger partial charge is 0.416 e. The molecule has 1 heterocycles. The second kappa shape index (κ2) is 8.30. The summed E-state index contributed by atoms with van der Waals surface area (Å²) in [5.74, 6) is -1.36. The zero-order chi connectivity index (χ0) is 21.0. The number of amides is 2. The number of hydrazine groups is 1. The molecule has 1 unspecified atom stereocenters. The highest BCUT2D eigenvalue weighted by Crippen LogP contribution is 2.30. The maximum absolute atomic E-state index is 12.6. The summed E-state index contributed by atoms with van der Waals surface area (Å²) in [5.41, 5.74) is 5.26. The first-order valence-electron chi connectivity index (χ1n) is 8.86. The van der Waals surface area contributed by atoms with Crippen LogP contribution in [0.3, 0.4) is 0 Å². The highest BCUT2D eigenvalue weighted by molar-refractivity contribution is 5.95. The molecule has 0 spiro atoms. The molecule has 3 rings (SSSR count). The third kappa shape index (κ3) is 5.10. The molecular formula is C21H18F3N3O2. The average molecular weight is 401 g/mol. The molecule has 150 valence electrons. The number of carbonyl (C=O) groups is 2. The molecule has 0 aliphatic heterocycles. The highest BCUT2D eigenvalue weighted by Gasteiger charge is 2.30. The molecule has 0 radical (unpaired) electrons. The van der Waals surface area contributed by atoms with E-state index < -0.39 is 23.6 Å². The Morgan fingerprint density at radius 2 is 1.66 bits per heavy atom. The van der Waals surface area contributed by atoms with E-state index in [1.807, 2.05) is 12.1 Å². The SMILES string of the molecule is CC(CC(=O)NNC(=O)c1ccc2ccccc2n1)c1ccc(C(F)(F)F)cc1. The molecule has 1 aromatic heterocycles. The molecule has 2 aromatic carbocycles. The van der Waals surface area contributed by atoms with E-state index in [2.05, 4.69) is 15.8 Å². The van der Waals surface area contributed by atoms with Gasteiger partial charge in [-0.25, -0.2) is 4.98 Å². The van der Waals surface area contributed by atoms with Crippen molar-refractivity contribution in [2.75, 3.05) is 0 Å². The second-order valence-corrected chi connectivity index (χ2v) is 6.62. The maximum atomic E-state index is 12.6. The number of para-hydroxylation sites is 1. The van der Waals surface area contributed by atoms with Gasteiger partial charge in [0.05, 0.1) is 11.1 Å². The number of hydrogen-bond acceptors (Lipinski definition) is 3. The van der Waals surface area contributed by atoms with Crippen molar-refractivity contribution in [3.05, 3.63) is 77.5 Å². The standard InChI is InChI=1S/C21H18F3N3O2/c1-13(14-6-9-16(10-7-14)21(22,23)24)12-19(28)26-27-20(29)18-11-8-15-4-2-3-5-17(15)25-18/h2-11,13H,12H2,1H3,(H,26,28)(H,27,29). The number of nitrogens with one attached hydrogen (secondary N) is 2. The Morgan fingerprint density at radius 1 is 0.966 bits per heavy atom. The van der Waals surface area contributed by atoms with E-state index in [1.165, 1.54) is 12.1 Å². The number of hydrogen-bond donors (Lipinski definition) is 2. The Bertz CT molecular complexity index is 1030. The Kier molecular flexibility index (Phi) is 5.81. The lowest BCUT2D eigenvalue weighted by molar-refractivity contribution is -0.137. The second-order valence-electron chi connectivity index (χ2n) is 6.62. The van der Waals surface area contributed by atoms with Gasteiger partial charge in [0, 0.05) is 11.8 Å². The van der Waals surface area contributed by atoms with Gasteiger partial charge in [-0.05, 0) is 35.7 Å². The summed E-state index contributed by atoms with van der Waals surface area (Å²) in [7, 11) is 0. The highest BCUT2D eigenvalue weighted by atomic mass is 19.4. The fourth-order valence-corrected chi connectivity index (χ4v) is 2.83. The topological polar surface area (TPSA) is 71.1 Å². The number of fused-ring (bicyclic) bond motifs is 1. The summed E-state index contributed by atoms with van der Waals surface area (Å²) >= 11 is 0. The van der Waals surface area contributed by atoms with Crippen LogP contribution in [0.2, 0.25) is 0 Å². The van der Waals surface area contributed by atoms with E-state index >= 15 is 0 Å². The Hall–Kier alpha value is -3.42. The van der Waals surface area contributed by atoms with Crippen LogP contribution >= 0.6 is 0 Å². The minimum absolute atomic E-state index is 0.00318. The number of alkyl halides is 3. The minimum atomic E-state index is -4.40. The third-order valence-electron chi connectivity index (χ3n) is 4.45. The number of rotatable bonds is 4. The van der Waals surface area contributed by atoms with Crippen molar-refractivity contribution < 1.29 is 22.8 Å². The fourth-order valence-electron chi connectivity index (χ4n) is 2.83. The van der Waals surface area contributed by atoms with Gasteiger partial charge in [0.15, 0.2) is 0 Å². The zero-order valence-electron chi connectivity index (χ0n) is 15.5. The summed E-state index contributed by atoms with van der Waals surface area (Å²) in [6.07, 6.45) is -4.41. The van der Waals surface area contributed by atoms with Crippen molar-refractivity contribution in [2.45, 2.75) is 25.4 Å². The van der Waals surface area contributed by atoms with Gasteiger partial charge in [-0.1, -0.05) is 43.3 Å². The van der Waals surface area contributed by atoms with Gasteiger partial charge in [0.25, 0.3) is 5.91 Å². The van der Waals surface area contributed by atoms with Gasteiger partial charge >= 0.3 is 6.18 Å². The summed E-state index contributed by atoms with van der Waals surface area (Å²) in [6.45, 7) is 1.72. The number of benzene rings is 2. The molecule has 2 N–H and O–H groups in total. The van der Waals surface area contributed by atoms with E-state index in [0.29, 0.717) is 11.1 Å². The molecule has 0 saturated carbocycles. The van der Waals surface area contributed by atoms with E-state index in [-0.39, 0.29) is 18.0 Å². The molecule has 0 bridgehead atoms. The van der Waals surface area contributed by atoms with Crippen LogP contribution in [-0.2, 0) is 11.0 Å². The van der Waals surface area contributed by atoms with E-state index in [9.17, 15) is 22.8 Å². The smallest absolute Gasteiger partial charge is 0.273 e. The number of nitrogens with zero attached hydrogens (tertiary/aromatic N) is 1. The van der Waals surface area contributed by atoms with Gasteiger partial charge < -0.3 is 0 Å². The van der Waals surface area contributed by atoms with Crippen LogP contribution in [0.25, 0.3) is 10.9 Å². The molecule has 1 atom stereocenters. The number of aromatic nitrogens is 1. The van der Waals surface area contributed by atoms with Crippen LogP contribution in [0.15, 0.2) is 60.7 Å². The summed E-state index contributed by atoms with van der Waals surface area (Å²) < 4.78 is 37.9. The molecular weight excluding hydrogens is 383 g/mol. The van der Waals surface area contributed by atoms with Gasteiger partial charge in [-0.3, -0.25) is 20.4 Å². The Balaban J connectivity index is 1.55. The van der Waals surface area contributed by atoms with E-state index in [4.69, 9.17) is 0 Å². The Morgan fingerprint density at radius 3 is 2.34 bits per heavy atom. The normalized spacial score (nSPS) is 12.4. The van der Waals surface area contributed by atoms with Gasteiger partial charge in [0.2, 0.25) is 5.91 Å². The fraction of sp³-hybridized carbons (Fsp3) is 0.190. The van der Waals surface area contributed by atoms with E-state index in [0.717, 1.165) is 17.5 Å². The molecule has 29 heavy (non-hydrogen) atoms. The van der Waals surface area contributed by atoms with Crippen LogP contribution in [0, 0.1) is 0 Å². The van der Waals surface area contributed by atoms with Crippen molar-refractivity contribution in [1.29, 1.82) is 0 Å². The third-order valence-corrected chi connectivity index (χ3v) is 4.45. The molecule has 3 aromatic rings. The van der Waals surface area contributed by atoms with Crippen LogP contribution in [0.4, 0.5) is 13.2 Å². The molecule has 0 saturated heterocycles. The number of halogens is 3. The Labute approximate surface area is 164 Å². The first-order chi connectivity index (χ1) is 13.7. The molecule has 2 amide bonds. The summed E-state index contributed by atoms with van der Waals surface area (Å²) in [4.78, 5) is 28.5. The molecule has 5 nitrogen and oxygen atoms in total. The van der Waals surface area contributed by atoms with Crippen LogP contribution < -0.4 is 10.9 Å². The van der Waals surface area contributed by atoms with Crippen molar-refractivity contribution >= 4 is 22.7 Å². The monoisotopic (exact) mass is 401 g/mol. The van der Waals surface area contributed by atoms with Crippen molar-refractivity contribution in [3.63, 3.8) is 0 Å². The molecule has 0 fully saturated rings. The average Bonchev–Trinajstić information content (AvgIpc) is 2.71. The van der Waals surface area contributed by atoms with Gasteiger partial charge in [-0.2, -0.15) is 13.2 Å². The van der Waals surface area contributed by atoms with Gasteiger partial charge in [0.1, 0.15) is 5.69 Å². The quantitative estimate of drug-likeness (QED) is 0.644. The lowest BCUT2D eigenvalue weighted by Gasteiger charge is -2.14. The first-order valence-corrected chi connectivity index (χ1v) is 8.86. The predicted molar refractivity (Wildman–Crippen MR) is 102 cm³/mol. The van der Waals surface area contributed by atoms with Crippen LogP contribution in [-0.4, -0.2) is 16.8 Å². The number of carbonyl (C=O) groups excluding carboxylic acids is 2. The lowest BCUT2D eigenvalue weighted by atomic mass is 9.96. The predicted octanol–water partition coefficient (Wildman–Crippen LogP) is 4.21. The van der Waals surface area contributed by atoms with E-state index in [1.54, 1.807) is 31.2 Å². The molecule has 8 heteroatoms. The maximum Gasteiger partial charge on any atom is 0.416 e. The lowest BCUT2D eigenvalue weighted by Crippen LogP contribution is -2.42. The summed E-state index contributed by atoms with van der Waals surface area (Å²) in [6, 6.07) is 15.3. The van der Waals surface area contributed by atoms with Crippen molar-refractivity contribution in [2.24, 2.45) is 0 Å². The zero-order valence-corrected chi connectivity index (χ0v) is 15.5. The summed E-state index contributed by atoms with van der Waals surface area (Å²) in [5, 5.41) is 0.887. The number of pyridine rings is 1. The van der Waals surface area contributed by atoms with Crippen molar-refractivity contribution in [1.82, 2.24) is 15.8 Å². The molecule has 0 aliphatic rings. The minimum Gasteiger partial charge on any atom is -0.273 e. The van der Waals surface area contributed by atoms with Crippen LogP contribution in [0.1, 0.15) is 40.9 Å². The van der Waals surface area contributed by atoms with Crippen molar-refractivity contribution in [3.8, 4) is 0 Å².